The highest BCUT2D eigenvalue weighted by atomic mass is 16.6. The van der Waals surface area contributed by atoms with E-state index in [2.05, 4.69) is 36.9 Å². The van der Waals surface area contributed by atoms with Gasteiger partial charge in [-0.25, -0.2) is 9.78 Å². The predicted molar refractivity (Wildman–Crippen MR) is 109 cm³/mol. The highest BCUT2D eigenvalue weighted by Crippen LogP contribution is 2.23. The predicted octanol–water partition coefficient (Wildman–Crippen LogP) is 2.48. The van der Waals surface area contributed by atoms with E-state index in [1.54, 1.807) is 24.2 Å². The molecule has 0 spiro atoms. The summed E-state index contributed by atoms with van der Waals surface area (Å²) in [5.74, 6) is 6.84. The lowest BCUT2D eigenvalue weighted by atomic mass is 10.2. The maximum atomic E-state index is 12.0. The Morgan fingerprint density at radius 1 is 1.10 bits per heavy atom. The number of nitrogens with zero attached hydrogens (tertiary/aromatic N) is 6. The van der Waals surface area contributed by atoms with E-state index in [1.165, 1.54) is 0 Å². The fourth-order valence-electron chi connectivity index (χ4n) is 3.01. The summed E-state index contributed by atoms with van der Waals surface area (Å²) >= 11 is 0. The SMILES string of the molecule is CC#CCOC(=O)N1CCN(c2cncc(-c3nnc(-c4ccccc4)o3)n2)CC1. The molecule has 0 radical (unpaired) electrons. The van der Waals surface area contributed by atoms with Crippen LogP contribution in [0.3, 0.4) is 0 Å². The number of amides is 1. The van der Waals surface area contributed by atoms with Crippen molar-refractivity contribution in [1.82, 2.24) is 25.1 Å². The molecular formula is C21H20N6O3. The van der Waals surface area contributed by atoms with Crippen molar-refractivity contribution in [2.24, 2.45) is 0 Å². The Bertz CT molecular complexity index is 1060. The van der Waals surface area contributed by atoms with Crippen molar-refractivity contribution in [2.75, 3.05) is 37.7 Å². The lowest BCUT2D eigenvalue weighted by Gasteiger charge is -2.34. The first-order valence-electron chi connectivity index (χ1n) is 9.52. The van der Waals surface area contributed by atoms with Crippen molar-refractivity contribution in [3.63, 3.8) is 0 Å². The lowest BCUT2D eigenvalue weighted by molar-refractivity contribution is 0.111. The average molecular weight is 404 g/mol. The maximum absolute atomic E-state index is 12.0. The standard InChI is InChI=1S/C21H20N6O3/c1-2-3-13-29-21(28)27-11-9-26(10-12-27)18-15-22-14-17(23-18)20-25-24-19(30-20)16-7-5-4-6-8-16/h4-8,14-15H,9-13H2,1H3. The van der Waals surface area contributed by atoms with E-state index < -0.39 is 0 Å². The van der Waals surface area contributed by atoms with Gasteiger partial charge in [0.2, 0.25) is 5.89 Å². The number of piperazine rings is 1. The second-order valence-electron chi connectivity index (χ2n) is 6.50. The molecule has 30 heavy (non-hydrogen) atoms. The van der Waals surface area contributed by atoms with Gasteiger partial charge in [0.15, 0.2) is 6.61 Å². The summed E-state index contributed by atoms with van der Waals surface area (Å²) < 4.78 is 10.9. The summed E-state index contributed by atoms with van der Waals surface area (Å²) in [6, 6.07) is 9.55. The molecule has 4 rings (SSSR count). The molecule has 3 aromatic rings. The lowest BCUT2D eigenvalue weighted by Crippen LogP contribution is -2.49. The fraction of sp³-hybridized carbons (Fsp3) is 0.286. The number of aromatic nitrogens is 4. The first-order valence-corrected chi connectivity index (χ1v) is 9.52. The van der Waals surface area contributed by atoms with Crippen molar-refractivity contribution in [3.8, 4) is 34.9 Å². The van der Waals surface area contributed by atoms with Crippen molar-refractivity contribution in [1.29, 1.82) is 0 Å². The van der Waals surface area contributed by atoms with Crippen LogP contribution in [0.5, 0.6) is 0 Å². The normalized spacial score (nSPS) is 13.5. The van der Waals surface area contributed by atoms with Gasteiger partial charge in [0, 0.05) is 31.7 Å². The number of anilines is 1. The van der Waals surface area contributed by atoms with Crippen molar-refractivity contribution in [2.45, 2.75) is 6.92 Å². The minimum absolute atomic E-state index is 0.109. The molecule has 0 N–H and O–H groups in total. The number of carbonyl (C=O) groups is 1. The van der Waals surface area contributed by atoms with Crippen molar-refractivity contribution < 1.29 is 13.9 Å². The second kappa shape index (κ2) is 9.05. The number of hydrogen-bond acceptors (Lipinski definition) is 8. The van der Waals surface area contributed by atoms with Gasteiger partial charge in [0.1, 0.15) is 11.5 Å². The summed E-state index contributed by atoms with van der Waals surface area (Å²) in [5, 5.41) is 8.20. The zero-order valence-electron chi connectivity index (χ0n) is 16.5. The van der Waals surface area contributed by atoms with Gasteiger partial charge in [-0.3, -0.25) is 4.98 Å². The third kappa shape index (κ3) is 4.38. The van der Waals surface area contributed by atoms with E-state index in [1.807, 2.05) is 30.3 Å². The second-order valence-corrected chi connectivity index (χ2v) is 6.50. The third-order valence-corrected chi connectivity index (χ3v) is 4.59. The first kappa shape index (κ1) is 19.4. The van der Waals surface area contributed by atoms with E-state index >= 15 is 0 Å². The van der Waals surface area contributed by atoms with Crippen LogP contribution in [0.25, 0.3) is 23.0 Å². The molecule has 1 amide bonds. The number of hydrogen-bond donors (Lipinski definition) is 0. The van der Waals surface area contributed by atoms with Gasteiger partial charge in [0.25, 0.3) is 5.89 Å². The van der Waals surface area contributed by atoms with Gasteiger partial charge in [-0.2, -0.15) is 0 Å². The minimum Gasteiger partial charge on any atom is -0.436 e. The zero-order chi connectivity index (χ0) is 20.8. The fourth-order valence-corrected chi connectivity index (χ4v) is 3.01. The van der Waals surface area contributed by atoms with Gasteiger partial charge in [-0.15, -0.1) is 16.1 Å². The number of rotatable bonds is 4. The molecule has 1 aliphatic heterocycles. The number of ether oxygens (including phenoxy) is 1. The molecular weight excluding hydrogens is 384 g/mol. The Kier molecular flexibility index (Phi) is 5.85. The number of carbonyl (C=O) groups excluding carboxylic acids is 1. The Morgan fingerprint density at radius 3 is 2.63 bits per heavy atom. The molecule has 9 nitrogen and oxygen atoms in total. The largest absolute Gasteiger partial charge is 0.436 e. The van der Waals surface area contributed by atoms with Crippen LogP contribution in [0.4, 0.5) is 10.6 Å². The molecule has 0 unspecified atom stereocenters. The van der Waals surface area contributed by atoms with Gasteiger partial charge < -0.3 is 19.0 Å². The molecule has 0 saturated carbocycles. The van der Waals surface area contributed by atoms with E-state index in [0.29, 0.717) is 49.5 Å². The van der Waals surface area contributed by atoms with E-state index in [4.69, 9.17) is 9.15 Å². The van der Waals surface area contributed by atoms with Crippen LogP contribution in [0.2, 0.25) is 0 Å². The Labute approximate surface area is 173 Å². The summed E-state index contributed by atoms with van der Waals surface area (Å²) in [6.45, 7) is 4.11. The van der Waals surface area contributed by atoms with Crippen LogP contribution >= 0.6 is 0 Å². The summed E-state index contributed by atoms with van der Waals surface area (Å²) in [7, 11) is 0. The van der Waals surface area contributed by atoms with Crippen molar-refractivity contribution >= 4 is 11.9 Å². The first-order chi connectivity index (χ1) is 14.7. The molecule has 1 saturated heterocycles. The van der Waals surface area contributed by atoms with E-state index in [-0.39, 0.29) is 12.7 Å². The van der Waals surface area contributed by atoms with Gasteiger partial charge in [-0.05, 0) is 19.1 Å². The van der Waals surface area contributed by atoms with Gasteiger partial charge in [0.05, 0.1) is 12.4 Å². The van der Waals surface area contributed by atoms with Crippen LogP contribution < -0.4 is 4.90 Å². The Morgan fingerprint density at radius 2 is 1.87 bits per heavy atom. The van der Waals surface area contributed by atoms with Gasteiger partial charge in [-0.1, -0.05) is 24.1 Å². The molecule has 0 bridgehead atoms. The van der Waals surface area contributed by atoms with E-state index in [9.17, 15) is 4.79 Å². The Balaban J connectivity index is 1.41. The molecule has 1 fully saturated rings. The number of benzene rings is 1. The molecule has 9 heteroatoms. The monoisotopic (exact) mass is 404 g/mol. The highest BCUT2D eigenvalue weighted by Gasteiger charge is 2.23. The molecule has 152 valence electrons. The third-order valence-electron chi connectivity index (χ3n) is 4.59. The molecule has 1 aromatic carbocycles. The minimum atomic E-state index is -0.350. The molecule has 2 aromatic heterocycles. The Hall–Kier alpha value is -3.93. The average Bonchev–Trinajstić information content (AvgIpc) is 3.30. The molecule has 0 aliphatic carbocycles. The van der Waals surface area contributed by atoms with Crippen LogP contribution in [0, 0.1) is 11.8 Å². The summed E-state index contributed by atoms with van der Waals surface area (Å²) in [5.41, 5.74) is 1.34. The smallest absolute Gasteiger partial charge is 0.410 e. The quantitative estimate of drug-likeness (QED) is 0.612. The maximum Gasteiger partial charge on any atom is 0.410 e. The van der Waals surface area contributed by atoms with Crippen LogP contribution in [0.15, 0.2) is 47.1 Å². The molecule has 3 heterocycles. The summed E-state index contributed by atoms with van der Waals surface area (Å²) in [4.78, 5) is 24.6. The van der Waals surface area contributed by atoms with Crippen molar-refractivity contribution in [3.05, 3.63) is 42.7 Å². The highest BCUT2D eigenvalue weighted by molar-refractivity contribution is 5.68. The topological polar surface area (TPSA) is 97.5 Å². The van der Waals surface area contributed by atoms with Crippen LogP contribution in [-0.4, -0.2) is 63.9 Å². The zero-order valence-corrected chi connectivity index (χ0v) is 16.5. The van der Waals surface area contributed by atoms with Gasteiger partial charge >= 0.3 is 6.09 Å². The molecule has 0 atom stereocenters. The van der Waals surface area contributed by atoms with Crippen LogP contribution in [0.1, 0.15) is 6.92 Å². The van der Waals surface area contributed by atoms with E-state index in [0.717, 1.165) is 5.56 Å². The summed E-state index contributed by atoms with van der Waals surface area (Å²) in [6.07, 6.45) is 2.92. The molecule has 1 aliphatic rings. The van der Waals surface area contributed by atoms with Crippen LogP contribution in [-0.2, 0) is 4.74 Å².